The normalized spacial score (nSPS) is 30.7. The molecule has 0 spiro atoms. The van der Waals surface area contributed by atoms with Crippen LogP contribution in [0.15, 0.2) is 28.1 Å². The number of hydrogen-bond acceptors (Lipinski definition) is 5. The first-order chi connectivity index (χ1) is 10.8. The third kappa shape index (κ3) is 2.83. The smallest absolute Gasteiger partial charge is 0.264 e. The van der Waals surface area contributed by atoms with Crippen LogP contribution in [0.3, 0.4) is 0 Å². The lowest BCUT2D eigenvalue weighted by molar-refractivity contribution is -0.385. The second-order valence-corrected chi connectivity index (χ2v) is 8.01. The minimum absolute atomic E-state index is 0.0672. The number of fused-ring (bicyclic) bond motifs is 1. The van der Waals surface area contributed by atoms with Gasteiger partial charge in [-0.15, -0.1) is 0 Å². The molecule has 1 aromatic carbocycles. The monoisotopic (exact) mass is 337 g/mol. The number of sulfonamides is 1. The molecule has 8 heteroatoms. The molecule has 0 aromatic heterocycles. The van der Waals surface area contributed by atoms with Crippen LogP contribution in [0, 0.1) is 22.0 Å². The van der Waals surface area contributed by atoms with Gasteiger partial charge in [-0.3, -0.25) is 19.8 Å². The molecular weight excluding hydrogens is 318 g/mol. The Hall–Kier alpha value is -1.96. The van der Waals surface area contributed by atoms with Gasteiger partial charge < -0.3 is 0 Å². The number of aliphatic imine (C=N–C) groups is 1. The van der Waals surface area contributed by atoms with Crippen LogP contribution in [0.4, 0.5) is 5.69 Å². The molecule has 1 aliphatic heterocycles. The average molecular weight is 337 g/mol. The quantitative estimate of drug-likeness (QED) is 0.661. The van der Waals surface area contributed by atoms with Gasteiger partial charge in [-0.05, 0) is 24.3 Å². The van der Waals surface area contributed by atoms with Crippen LogP contribution in [0.5, 0.6) is 0 Å². The van der Waals surface area contributed by atoms with Crippen LogP contribution in [0.1, 0.15) is 38.7 Å². The number of amidine groups is 1. The zero-order chi connectivity index (χ0) is 16.8. The molecule has 0 radical (unpaired) electrons. The molecule has 0 saturated heterocycles. The molecule has 1 aromatic rings. The van der Waals surface area contributed by atoms with Gasteiger partial charge in [-0.2, -0.15) is 0 Å². The van der Waals surface area contributed by atoms with Crippen LogP contribution in [0.2, 0.25) is 0 Å². The number of nitrogens with zero attached hydrogens (tertiary/aromatic N) is 2. The molecule has 2 aliphatic rings. The molecular formula is C15H19N3O4S. The van der Waals surface area contributed by atoms with Crippen molar-refractivity contribution >= 4 is 21.5 Å². The van der Waals surface area contributed by atoms with Crippen LogP contribution < -0.4 is 4.72 Å². The van der Waals surface area contributed by atoms with Crippen LogP contribution in [-0.2, 0) is 10.0 Å². The molecule has 0 amide bonds. The zero-order valence-electron chi connectivity index (χ0n) is 13.0. The van der Waals surface area contributed by atoms with E-state index in [1.54, 1.807) is 0 Å². The van der Waals surface area contributed by atoms with E-state index < -0.39 is 14.9 Å². The molecule has 23 heavy (non-hydrogen) atoms. The van der Waals surface area contributed by atoms with Gasteiger partial charge in [0.15, 0.2) is 0 Å². The topological polar surface area (TPSA) is 102 Å². The molecule has 1 N–H and O–H groups in total. The van der Waals surface area contributed by atoms with Gasteiger partial charge in [0.1, 0.15) is 10.7 Å². The molecule has 7 nitrogen and oxygen atoms in total. The molecule has 1 saturated carbocycles. The van der Waals surface area contributed by atoms with Crippen molar-refractivity contribution in [1.29, 1.82) is 0 Å². The number of nitro groups is 1. The molecule has 0 unspecified atom stereocenters. The fourth-order valence-electron chi connectivity index (χ4n) is 3.28. The SMILES string of the molecule is C[C@@H]1[C@H](C)CCC[C@H]1N=C1NS(=O)(=O)c2cc([N+](=O)[O-])ccc21. The largest absolute Gasteiger partial charge is 0.270 e. The van der Waals surface area contributed by atoms with Crippen molar-refractivity contribution < 1.29 is 13.3 Å². The standard InChI is InChI=1S/C15H19N3O4S/c1-9-4-3-5-13(10(9)2)16-15-12-7-6-11(18(19)20)8-14(12)23(21,22)17-15/h6-10,13H,3-5H2,1-2H3,(H,16,17)/t9-,10-,13-/m1/s1. The summed E-state index contributed by atoms with van der Waals surface area (Å²) in [5, 5.41) is 10.8. The van der Waals surface area contributed by atoms with E-state index in [0.717, 1.165) is 25.3 Å². The van der Waals surface area contributed by atoms with E-state index in [2.05, 4.69) is 23.6 Å². The van der Waals surface area contributed by atoms with Crippen LogP contribution in [-0.4, -0.2) is 25.2 Å². The fourth-order valence-corrected chi connectivity index (χ4v) is 4.53. The highest BCUT2D eigenvalue weighted by Crippen LogP contribution is 2.33. The van der Waals surface area contributed by atoms with Gasteiger partial charge in [0.25, 0.3) is 15.7 Å². The van der Waals surface area contributed by atoms with E-state index >= 15 is 0 Å². The van der Waals surface area contributed by atoms with Gasteiger partial charge >= 0.3 is 0 Å². The van der Waals surface area contributed by atoms with Gasteiger partial charge in [0.2, 0.25) is 0 Å². The number of non-ortho nitro benzene ring substituents is 1. The van der Waals surface area contributed by atoms with Crippen molar-refractivity contribution in [2.75, 3.05) is 0 Å². The summed E-state index contributed by atoms with van der Waals surface area (Å²) < 4.78 is 26.9. The van der Waals surface area contributed by atoms with E-state index in [4.69, 9.17) is 0 Å². The Morgan fingerprint density at radius 3 is 2.74 bits per heavy atom. The minimum Gasteiger partial charge on any atom is -0.264 e. The molecule has 1 fully saturated rings. The first kappa shape index (κ1) is 15.9. The Bertz CT molecular complexity index is 788. The number of benzene rings is 1. The molecule has 1 aliphatic carbocycles. The van der Waals surface area contributed by atoms with E-state index in [0.29, 0.717) is 23.2 Å². The predicted molar refractivity (Wildman–Crippen MR) is 85.9 cm³/mol. The average Bonchev–Trinajstić information content (AvgIpc) is 2.74. The van der Waals surface area contributed by atoms with E-state index in [9.17, 15) is 18.5 Å². The molecule has 3 rings (SSSR count). The summed E-state index contributed by atoms with van der Waals surface area (Å²) in [6.45, 7) is 4.33. The molecule has 1 heterocycles. The van der Waals surface area contributed by atoms with Crippen LogP contribution >= 0.6 is 0 Å². The van der Waals surface area contributed by atoms with Crippen molar-refractivity contribution in [3.63, 3.8) is 0 Å². The molecule has 124 valence electrons. The first-order valence-corrected chi connectivity index (χ1v) is 9.17. The molecule has 0 bridgehead atoms. The minimum atomic E-state index is -3.78. The summed E-state index contributed by atoms with van der Waals surface area (Å²) in [5.74, 6) is 1.23. The van der Waals surface area contributed by atoms with E-state index in [1.165, 1.54) is 12.1 Å². The van der Waals surface area contributed by atoms with Gasteiger partial charge in [-0.1, -0.05) is 26.7 Å². The lowest BCUT2D eigenvalue weighted by Crippen LogP contribution is -2.31. The lowest BCUT2D eigenvalue weighted by Gasteiger charge is -2.31. The number of nitrogens with one attached hydrogen (secondary N) is 1. The van der Waals surface area contributed by atoms with Crippen LogP contribution in [0.25, 0.3) is 0 Å². The lowest BCUT2D eigenvalue weighted by atomic mass is 9.78. The Kier molecular flexibility index (Phi) is 3.87. The predicted octanol–water partition coefficient (Wildman–Crippen LogP) is 2.46. The Balaban J connectivity index is 2.02. The highest BCUT2D eigenvalue weighted by Gasteiger charge is 2.34. The summed E-state index contributed by atoms with van der Waals surface area (Å²) in [5.41, 5.74) is 0.177. The van der Waals surface area contributed by atoms with E-state index in [1.807, 2.05) is 0 Å². The maximum absolute atomic E-state index is 12.2. The van der Waals surface area contributed by atoms with Crippen molar-refractivity contribution in [1.82, 2.24) is 4.72 Å². The third-order valence-electron chi connectivity index (χ3n) is 4.91. The zero-order valence-corrected chi connectivity index (χ0v) is 13.8. The van der Waals surface area contributed by atoms with E-state index in [-0.39, 0.29) is 16.6 Å². The Morgan fingerprint density at radius 1 is 1.30 bits per heavy atom. The number of rotatable bonds is 2. The summed E-state index contributed by atoms with van der Waals surface area (Å²) in [4.78, 5) is 14.8. The highest BCUT2D eigenvalue weighted by molar-refractivity contribution is 7.90. The molecule has 3 atom stereocenters. The van der Waals surface area contributed by atoms with Crippen molar-refractivity contribution in [2.45, 2.75) is 44.0 Å². The number of nitro benzene ring substituents is 1. The Labute approximate surface area is 135 Å². The fraction of sp³-hybridized carbons (Fsp3) is 0.533. The van der Waals surface area contributed by atoms with Crippen molar-refractivity contribution in [3.05, 3.63) is 33.9 Å². The highest BCUT2D eigenvalue weighted by atomic mass is 32.2. The maximum Gasteiger partial charge on any atom is 0.270 e. The third-order valence-corrected chi connectivity index (χ3v) is 6.29. The van der Waals surface area contributed by atoms with Gasteiger partial charge in [0.05, 0.1) is 11.0 Å². The number of hydrogen-bond donors (Lipinski definition) is 1. The first-order valence-electron chi connectivity index (χ1n) is 7.69. The summed E-state index contributed by atoms with van der Waals surface area (Å²) in [6.07, 6.45) is 3.17. The summed E-state index contributed by atoms with van der Waals surface area (Å²) >= 11 is 0. The second-order valence-electron chi connectivity index (χ2n) is 6.36. The van der Waals surface area contributed by atoms with Gasteiger partial charge in [-0.25, -0.2) is 8.42 Å². The summed E-state index contributed by atoms with van der Waals surface area (Å²) in [7, 11) is -3.78. The van der Waals surface area contributed by atoms with Crippen molar-refractivity contribution in [2.24, 2.45) is 16.8 Å². The summed E-state index contributed by atoms with van der Waals surface area (Å²) in [6, 6.07) is 3.93. The maximum atomic E-state index is 12.2. The Morgan fingerprint density at radius 2 is 2.04 bits per heavy atom. The second kappa shape index (κ2) is 5.59. The van der Waals surface area contributed by atoms with Gasteiger partial charge in [0, 0.05) is 17.7 Å². The van der Waals surface area contributed by atoms with Crippen molar-refractivity contribution in [3.8, 4) is 0 Å².